The molecule has 3 aromatic carbocycles. The van der Waals surface area contributed by atoms with Crippen molar-refractivity contribution in [2.24, 2.45) is 0 Å². The van der Waals surface area contributed by atoms with E-state index in [0.717, 1.165) is 74.9 Å². The number of likely N-dealkylation sites (tertiary alicyclic amines) is 1. The Morgan fingerprint density at radius 2 is 1.85 bits per heavy atom. The predicted molar refractivity (Wildman–Crippen MR) is 188 cm³/mol. The van der Waals surface area contributed by atoms with Crippen molar-refractivity contribution in [3.05, 3.63) is 107 Å². The second-order valence-corrected chi connectivity index (χ2v) is 12.5. The maximum atomic E-state index is 11.8. The molecule has 47 heavy (non-hydrogen) atoms. The summed E-state index contributed by atoms with van der Waals surface area (Å²) in [5, 5.41) is 14.7. The van der Waals surface area contributed by atoms with Gasteiger partial charge in [-0.2, -0.15) is 0 Å². The molecule has 0 aliphatic carbocycles. The second-order valence-electron chi connectivity index (χ2n) is 12.1. The SMILES string of the molecule is C=Cc1cnc2c(Nc3cccc(-c4cccc(-c5nc6cc(CN7CCCC[C@H]7C(=O)O)cc(Cl)c6o5)c4C)c3C)nccc2c1. The summed E-state index contributed by atoms with van der Waals surface area (Å²) in [4.78, 5) is 27.9. The maximum Gasteiger partial charge on any atom is 0.320 e. The molecule has 6 aromatic rings. The molecule has 1 saturated heterocycles. The standard InChI is InChI=1S/C38H34ClN5O3/c1-4-24-17-26-14-15-40-36(34(26)41-20-24)42-31-12-8-10-28(23(31)3)27-9-7-11-29(22(27)2)37-43-32-19-25(18-30(39)35(32)47-37)21-44-16-6-5-13-33(44)38(45)46/h4,7-12,14-15,17-20,33H,1,5-6,13,16,21H2,2-3H3,(H,40,42)(H,45,46)/t33-/m0/s1. The molecule has 0 unspecified atom stereocenters. The quantitative estimate of drug-likeness (QED) is 0.169. The fourth-order valence-corrected chi connectivity index (χ4v) is 6.85. The van der Waals surface area contributed by atoms with Crippen LogP contribution in [0.2, 0.25) is 5.02 Å². The topological polar surface area (TPSA) is 104 Å². The van der Waals surface area contributed by atoms with Crippen LogP contribution < -0.4 is 5.32 Å². The molecule has 0 radical (unpaired) electrons. The molecule has 0 bridgehead atoms. The summed E-state index contributed by atoms with van der Waals surface area (Å²) >= 11 is 6.71. The number of aromatic nitrogens is 3. The molecule has 8 nitrogen and oxygen atoms in total. The minimum atomic E-state index is -0.780. The zero-order valence-corrected chi connectivity index (χ0v) is 27.0. The van der Waals surface area contributed by atoms with Crippen molar-refractivity contribution in [2.75, 3.05) is 11.9 Å². The number of anilines is 2. The molecule has 1 fully saturated rings. The molecule has 0 amide bonds. The van der Waals surface area contributed by atoms with E-state index in [1.54, 1.807) is 18.5 Å². The third-order valence-electron chi connectivity index (χ3n) is 9.09. The Morgan fingerprint density at radius 1 is 1.06 bits per heavy atom. The first-order valence-electron chi connectivity index (χ1n) is 15.7. The number of carbonyl (C=O) groups is 1. The van der Waals surface area contributed by atoms with Crippen molar-refractivity contribution in [1.29, 1.82) is 0 Å². The van der Waals surface area contributed by atoms with Gasteiger partial charge in [0.15, 0.2) is 11.4 Å². The number of oxazole rings is 1. The highest BCUT2D eigenvalue weighted by Gasteiger charge is 2.28. The molecule has 9 heteroatoms. The fraction of sp³-hybridized carbons (Fsp3) is 0.211. The number of hydrogen-bond acceptors (Lipinski definition) is 7. The van der Waals surface area contributed by atoms with Gasteiger partial charge in [0, 0.05) is 35.6 Å². The minimum Gasteiger partial charge on any atom is -0.480 e. The zero-order chi connectivity index (χ0) is 32.7. The van der Waals surface area contributed by atoms with Gasteiger partial charge in [0.05, 0.1) is 5.02 Å². The summed E-state index contributed by atoms with van der Waals surface area (Å²) in [6.45, 7) is 9.25. The van der Waals surface area contributed by atoms with Gasteiger partial charge in [-0.1, -0.05) is 54.9 Å². The van der Waals surface area contributed by atoms with Gasteiger partial charge in [-0.05, 0) is 103 Å². The van der Waals surface area contributed by atoms with E-state index in [4.69, 9.17) is 21.0 Å². The highest BCUT2D eigenvalue weighted by Crippen LogP contribution is 2.38. The van der Waals surface area contributed by atoms with Crippen LogP contribution >= 0.6 is 11.6 Å². The number of nitrogens with zero attached hydrogens (tertiary/aromatic N) is 4. The van der Waals surface area contributed by atoms with Gasteiger partial charge < -0.3 is 14.8 Å². The molecule has 0 saturated carbocycles. The van der Waals surface area contributed by atoms with Crippen molar-refractivity contribution in [2.45, 2.75) is 45.7 Å². The summed E-state index contributed by atoms with van der Waals surface area (Å²) in [5.74, 6) is 0.388. The van der Waals surface area contributed by atoms with Crippen molar-refractivity contribution >= 4 is 57.2 Å². The highest BCUT2D eigenvalue weighted by atomic mass is 35.5. The van der Waals surface area contributed by atoms with Crippen LogP contribution in [0.3, 0.4) is 0 Å². The molecule has 4 heterocycles. The molecule has 1 aliphatic rings. The number of nitrogens with one attached hydrogen (secondary N) is 1. The van der Waals surface area contributed by atoms with Crippen LogP contribution in [-0.4, -0.2) is 43.5 Å². The Morgan fingerprint density at radius 3 is 2.66 bits per heavy atom. The molecule has 1 atom stereocenters. The van der Waals surface area contributed by atoms with Crippen LogP contribution in [0.5, 0.6) is 0 Å². The number of rotatable bonds is 8. The molecular weight excluding hydrogens is 610 g/mol. The number of benzene rings is 3. The summed E-state index contributed by atoms with van der Waals surface area (Å²) < 4.78 is 6.27. The molecule has 3 aromatic heterocycles. The first-order valence-corrected chi connectivity index (χ1v) is 16.1. The van der Waals surface area contributed by atoms with Crippen LogP contribution in [0.15, 0.2) is 84.1 Å². The first kappa shape index (κ1) is 30.6. The zero-order valence-electron chi connectivity index (χ0n) is 26.3. The third kappa shape index (κ3) is 5.86. The number of pyridine rings is 2. The Kier molecular flexibility index (Phi) is 8.22. The van der Waals surface area contributed by atoms with E-state index in [1.165, 1.54) is 0 Å². The monoisotopic (exact) mass is 643 g/mol. The van der Waals surface area contributed by atoms with Crippen molar-refractivity contribution < 1.29 is 14.3 Å². The number of carboxylic acids is 1. The lowest BCUT2D eigenvalue weighted by molar-refractivity contribution is -0.144. The summed E-state index contributed by atoms with van der Waals surface area (Å²) in [6.07, 6.45) is 7.92. The van der Waals surface area contributed by atoms with Gasteiger partial charge in [-0.25, -0.2) is 9.97 Å². The normalized spacial score (nSPS) is 15.3. The number of aliphatic carboxylic acids is 1. The van der Waals surface area contributed by atoms with Crippen LogP contribution in [0, 0.1) is 13.8 Å². The highest BCUT2D eigenvalue weighted by molar-refractivity contribution is 6.34. The van der Waals surface area contributed by atoms with Crippen molar-refractivity contribution in [3.8, 4) is 22.6 Å². The minimum absolute atomic E-state index is 0.459. The number of carboxylic acid groups (broad SMARTS) is 1. The van der Waals surface area contributed by atoms with Crippen molar-refractivity contribution in [1.82, 2.24) is 19.9 Å². The van der Waals surface area contributed by atoms with E-state index >= 15 is 0 Å². The number of hydrogen-bond donors (Lipinski definition) is 2. The number of fused-ring (bicyclic) bond motifs is 2. The lowest BCUT2D eigenvalue weighted by Gasteiger charge is -2.32. The molecular formula is C38H34ClN5O3. The van der Waals surface area contributed by atoms with E-state index in [9.17, 15) is 9.90 Å². The summed E-state index contributed by atoms with van der Waals surface area (Å²) in [6, 6.07) is 19.6. The molecule has 0 spiro atoms. The number of piperidine rings is 1. The summed E-state index contributed by atoms with van der Waals surface area (Å²) in [7, 11) is 0. The van der Waals surface area contributed by atoms with E-state index < -0.39 is 12.0 Å². The lowest BCUT2D eigenvalue weighted by Crippen LogP contribution is -2.43. The average Bonchev–Trinajstić information content (AvgIpc) is 3.50. The molecule has 2 N–H and O–H groups in total. The van der Waals surface area contributed by atoms with Crippen LogP contribution in [0.4, 0.5) is 11.5 Å². The fourth-order valence-electron chi connectivity index (χ4n) is 6.58. The average molecular weight is 644 g/mol. The molecule has 7 rings (SSSR count). The molecule has 1 aliphatic heterocycles. The second kappa shape index (κ2) is 12.6. The van der Waals surface area contributed by atoms with E-state index in [1.807, 2.05) is 53.4 Å². The van der Waals surface area contributed by atoms with E-state index in [0.29, 0.717) is 40.8 Å². The van der Waals surface area contributed by atoms with Crippen LogP contribution in [-0.2, 0) is 11.3 Å². The third-order valence-corrected chi connectivity index (χ3v) is 9.37. The Hall–Kier alpha value is -5.05. The van der Waals surface area contributed by atoms with Gasteiger partial charge in [-0.3, -0.25) is 14.7 Å². The van der Waals surface area contributed by atoms with E-state index in [2.05, 4.69) is 47.8 Å². The summed E-state index contributed by atoms with van der Waals surface area (Å²) in [5.41, 5.74) is 9.84. The predicted octanol–water partition coefficient (Wildman–Crippen LogP) is 9.20. The number of halogens is 1. The van der Waals surface area contributed by atoms with Gasteiger partial charge in [0.25, 0.3) is 0 Å². The van der Waals surface area contributed by atoms with Crippen LogP contribution in [0.25, 0.3) is 50.7 Å². The van der Waals surface area contributed by atoms with Gasteiger partial charge >= 0.3 is 5.97 Å². The van der Waals surface area contributed by atoms with Crippen LogP contribution in [0.1, 0.15) is 41.5 Å². The maximum absolute atomic E-state index is 11.8. The smallest absolute Gasteiger partial charge is 0.320 e. The Labute approximate surface area is 277 Å². The van der Waals surface area contributed by atoms with Crippen molar-refractivity contribution in [3.63, 3.8) is 0 Å². The lowest BCUT2D eigenvalue weighted by atomic mass is 9.93. The first-order chi connectivity index (χ1) is 22.8. The largest absolute Gasteiger partial charge is 0.480 e. The van der Waals surface area contributed by atoms with Gasteiger partial charge in [0.1, 0.15) is 17.1 Å². The molecule has 236 valence electrons. The van der Waals surface area contributed by atoms with Gasteiger partial charge in [0.2, 0.25) is 5.89 Å². The Balaban J connectivity index is 1.21. The van der Waals surface area contributed by atoms with Gasteiger partial charge in [-0.15, -0.1) is 0 Å². The Bertz CT molecular complexity index is 2180. The van der Waals surface area contributed by atoms with E-state index in [-0.39, 0.29) is 0 Å².